The van der Waals surface area contributed by atoms with Crippen LogP contribution < -0.4 is 5.73 Å². The summed E-state index contributed by atoms with van der Waals surface area (Å²) in [6.07, 6.45) is 2.26. The molecular formula is C10H19NS. The van der Waals surface area contributed by atoms with Crippen molar-refractivity contribution in [2.45, 2.75) is 39.7 Å². The van der Waals surface area contributed by atoms with Crippen molar-refractivity contribution in [1.29, 1.82) is 0 Å². The van der Waals surface area contributed by atoms with Gasteiger partial charge >= 0.3 is 0 Å². The van der Waals surface area contributed by atoms with Gasteiger partial charge in [0.1, 0.15) is 0 Å². The van der Waals surface area contributed by atoms with E-state index in [0.29, 0.717) is 0 Å². The third kappa shape index (κ3) is 3.88. The average molecular weight is 185 g/mol. The van der Waals surface area contributed by atoms with E-state index in [2.05, 4.69) is 24.4 Å². The zero-order valence-electron chi connectivity index (χ0n) is 8.21. The Bertz CT molecular complexity index is 170. The maximum absolute atomic E-state index is 5.86. The van der Waals surface area contributed by atoms with Crippen LogP contribution in [0.3, 0.4) is 0 Å². The Hall–Kier alpha value is -0.340. The van der Waals surface area contributed by atoms with Crippen molar-refractivity contribution in [3.8, 4) is 0 Å². The molecule has 0 bridgehead atoms. The topological polar surface area (TPSA) is 26.0 Å². The molecule has 1 heterocycles. The summed E-state index contributed by atoms with van der Waals surface area (Å²) in [4.78, 5) is 1.31. The molecule has 0 aromatic carbocycles. The molecule has 0 fully saturated rings. The highest BCUT2D eigenvalue weighted by atomic mass is 32.1. The third-order valence-electron chi connectivity index (χ3n) is 1.51. The highest BCUT2D eigenvalue weighted by molar-refractivity contribution is 7.10. The monoisotopic (exact) mass is 185 g/mol. The molecule has 12 heavy (non-hydrogen) atoms. The second-order valence-electron chi connectivity index (χ2n) is 2.41. The molecule has 2 N–H and O–H groups in total. The summed E-state index contributed by atoms with van der Waals surface area (Å²) in [5, 5.41) is 2.07. The van der Waals surface area contributed by atoms with Crippen LogP contribution in [0.2, 0.25) is 0 Å². The van der Waals surface area contributed by atoms with E-state index in [9.17, 15) is 0 Å². The van der Waals surface area contributed by atoms with Crippen LogP contribution in [0.1, 0.15) is 44.5 Å². The van der Waals surface area contributed by atoms with E-state index in [1.165, 1.54) is 11.3 Å². The van der Waals surface area contributed by atoms with Crippen LogP contribution in [0.5, 0.6) is 0 Å². The van der Waals surface area contributed by atoms with Crippen molar-refractivity contribution < 1.29 is 0 Å². The fourth-order valence-corrected chi connectivity index (χ4v) is 1.72. The number of rotatable bonds is 3. The third-order valence-corrected chi connectivity index (χ3v) is 2.51. The molecule has 0 spiro atoms. The van der Waals surface area contributed by atoms with Gasteiger partial charge in [-0.3, -0.25) is 0 Å². The molecule has 0 amide bonds. The molecule has 2 heteroatoms. The van der Waals surface area contributed by atoms with Crippen molar-refractivity contribution in [3.05, 3.63) is 22.4 Å². The van der Waals surface area contributed by atoms with E-state index >= 15 is 0 Å². The number of hydrogen-bond acceptors (Lipinski definition) is 2. The largest absolute Gasteiger partial charge is 0.323 e. The van der Waals surface area contributed by atoms with Gasteiger partial charge < -0.3 is 5.73 Å². The van der Waals surface area contributed by atoms with E-state index < -0.39 is 0 Å². The molecule has 0 saturated heterocycles. The lowest BCUT2D eigenvalue weighted by Crippen LogP contribution is -2.07. The second kappa shape index (κ2) is 7.32. The first-order valence-electron chi connectivity index (χ1n) is 4.63. The van der Waals surface area contributed by atoms with Crippen molar-refractivity contribution in [1.82, 2.24) is 0 Å². The highest BCUT2D eigenvalue weighted by Gasteiger charge is 2.03. The normalized spacial score (nSPS) is 11.7. The van der Waals surface area contributed by atoms with Gasteiger partial charge in [0.05, 0.1) is 0 Å². The maximum Gasteiger partial charge on any atom is 0.0389 e. The second-order valence-corrected chi connectivity index (χ2v) is 3.39. The first-order chi connectivity index (χ1) is 5.84. The Morgan fingerprint density at radius 2 is 2.17 bits per heavy atom. The molecule has 0 saturated carbocycles. The Kier molecular flexibility index (Phi) is 7.11. The molecule has 0 radical (unpaired) electrons. The summed E-state index contributed by atoms with van der Waals surface area (Å²) in [6, 6.07) is 4.42. The lowest BCUT2D eigenvalue weighted by molar-refractivity contribution is 0.648. The van der Waals surface area contributed by atoms with Crippen LogP contribution in [-0.4, -0.2) is 0 Å². The summed E-state index contributed by atoms with van der Waals surface area (Å²) in [6.45, 7) is 6.16. The van der Waals surface area contributed by atoms with Crippen LogP contribution in [-0.2, 0) is 0 Å². The van der Waals surface area contributed by atoms with E-state index in [4.69, 9.17) is 5.73 Å². The van der Waals surface area contributed by atoms with Gasteiger partial charge in [0.15, 0.2) is 0 Å². The van der Waals surface area contributed by atoms with E-state index in [1.54, 1.807) is 11.3 Å². The van der Waals surface area contributed by atoms with E-state index in [-0.39, 0.29) is 6.04 Å². The van der Waals surface area contributed by atoms with Crippen LogP contribution in [0.25, 0.3) is 0 Å². The summed E-state index contributed by atoms with van der Waals surface area (Å²) >= 11 is 1.75. The van der Waals surface area contributed by atoms with Crippen molar-refractivity contribution >= 4 is 11.3 Å². The first kappa shape index (κ1) is 11.7. The van der Waals surface area contributed by atoms with Gasteiger partial charge in [0.2, 0.25) is 0 Å². The SMILES string of the molecule is CC.CCCC(N)c1cccs1. The van der Waals surface area contributed by atoms with Gasteiger partial charge in [-0.2, -0.15) is 0 Å². The molecule has 1 nitrogen and oxygen atoms in total. The molecule has 0 aliphatic carbocycles. The molecule has 1 rings (SSSR count). The molecule has 0 aliphatic rings. The fourth-order valence-electron chi connectivity index (χ4n) is 0.956. The zero-order chi connectivity index (χ0) is 9.40. The van der Waals surface area contributed by atoms with Gasteiger partial charge in [-0.05, 0) is 17.9 Å². The molecule has 1 aromatic rings. The Morgan fingerprint density at radius 1 is 1.50 bits per heavy atom. The van der Waals surface area contributed by atoms with Crippen molar-refractivity contribution in [2.24, 2.45) is 5.73 Å². The lowest BCUT2D eigenvalue weighted by Gasteiger charge is -2.05. The van der Waals surface area contributed by atoms with Crippen LogP contribution in [0.15, 0.2) is 17.5 Å². The van der Waals surface area contributed by atoms with Crippen LogP contribution in [0.4, 0.5) is 0 Å². The predicted molar refractivity (Wildman–Crippen MR) is 57.5 cm³/mol. The summed E-state index contributed by atoms with van der Waals surface area (Å²) in [5.74, 6) is 0. The van der Waals surface area contributed by atoms with Gasteiger partial charge in [0.25, 0.3) is 0 Å². The van der Waals surface area contributed by atoms with Gasteiger partial charge in [0, 0.05) is 10.9 Å². The van der Waals surface area contributed by atoms with Gasteiger partial charge in [-0.1, -0.05) is 33.3 Å². The average Bonchev–Trinajstić information content (AvgIpc) is 2.60. The van der Waals surface area contributed by atoms with Crippen molar-refractivity contribution in [3.63, 3.8) is 0 Å². The molecular weight excluding hydrogens is 166 g/mol. The number of thiophene rings is 1. The molecule has 70 valence electrons. The van der Waals surface area contributed by atoms with Crippen LogP contribution in [0, 0.1) is 0 Å². The number of nitrogens with two attached hydrogens (primary N) is 1. The molecule has 1 aromatic heterocycles. The van der Waals surface area contributed by atoms with Gasteiger partial charge in [-0.15, -0.1) is 11.3 Å². The highest BCUT2D eigenvalue weighted by Crippen LogP contribution is 2.19. The maximum atomic E-state index is 5.86. The lowest BCUT2D eigenvalue weighted by atomic mass is 10.1. The summed E-state index contributed by atoms with van der Waals surface area (Å²) in [7, 11) is 0. The minimum atomic E-state index is 0.269. The standard InChI is InChI=1S/C8H13NS.C2H6/c1-2-4-7(9)8-5-3-6-10-8;1-2/h3,5-7H,2,4,9H2,1H3;1-2H3. The Morgan fingerprint density at radius 3 is 2.58 bits per heavy atom. The van der Waals surface area contributed by atoms with E-state index in [1.807, 2.05) is 13.8 Å². The zero-order valence-corrected chi connectivity index (χ0v) is 9.03. The molecule has 1 unspecified atom stereocenters. The molecule has 1 atom stereocenters. The van der Waals surface area contributed by atoms with Crippen molar-refractivity contribution in [2.75, 3.05) is 0 Å². The predicted octanol–water partition coefficient (Wildman–Crippen LogP) is 3.57. The minimum absolute atomic E-state index is 0.269. The first-order valence-corrected chi connectivity index (χ1v) is 5.51. The molecule has 0 aliphatic heterocycles. The van der Waals surface area contributed by atoms with Crippen LogP contribution >= 0.6 is 11.3 Å². The smallest absolute Gasteiger partial charge is 0.0389 e. The fraction of sp³-hybridized carbons (Fsp3) is 0.600. The number of hydrogen-bond donors (Lipinski definition) is 1. The van der Waals surface area contributed by atoms with Gasteiger partial charge in [-0.25, -0.2) is 0 Å². The summed E-state index contributed by atoms with van der Waals surface area (Å²) < 4.78 is 0. The Labute approximate surface area is 79.6 Å². The van der Waals surface area contributed by atoms with E-state index in [0.717, 1.165) is 6.42 Å². The summed E-state index contributed by atoms with van der Waals surface area (Å²) in [5.41, 5.74) is 5.86. The minimum Gasteiger partial charge on any atom is -0.323 e. The Balaban J connectivity index is 0.000000561. The quantitative estimate of drug-likeness (QED) is 0.765.